The zero-order chi connectivity index (χ0) is 69.5. The van der Waals surface area contributed by atoms with Crippen LogP contribution in [0.25, 0.3) is 0 Å². The van der Waals surface area contributed by atoms with E-state index in [1.165, 1.54) is 135 Å². The molecule has 0 bridgehead atoms. The molecule has 0 spiro atoms. The summed E-state index contributed by atoms with van der Waals surface area (Å²) in [5, 5.41) is 49.3. The SMILES string of the molecule is CCC(C)(C)[O-].CCc1cc(/C(C)=N/O)ccc1CO.CCc1cc(/C(C)=N/OCc2ccc(C3CCCCC3)c(C)c2)ccc1C=O.CCc1cc(/C(C)=N/OCc2ccc(C3CCCCC3)c(C)c2)ccc1CO.Cc1cc(COS(C)(=O)=O)ccc1C1CCCCC1.[Na+]. The Labute approximate surface area is 599 Å². The van der Waals surface area contributed by atoms with Gasteiger partial charge in [0.1, 0.15) is 19.5 Å². The number of aliphatic hydroxyl groups is 2. The monoisotopic (exact) mass is 1340 g/mol. The van der Waals surface area contributed by atoms with Crippen LogP contribution in [0.4, 0.5) is 0 Å². The fourth-order valence-electron chi connectivity index (χ4n) is 12.8. The molecule has 9 rings (SSSR count). The predicted octanol–water partition coefficient (Wildman–Crippen LogP) is 15.4. The van der Waals surface area contributed by atoms with Crippen LogP contribution in [0.1, 0.15) is 288 Å². The average Bonchev–Trinajstić information content (AvgIpc) is 0.921. The molecule has 0 unspecified atom stereocenters. The minimum atomic E-state index is -3.37. The predicted molar refractivity (Wildman–Crippen MR) is 388 cm³/mol. The van der Waals surface area contributed by atoms with E-state index >= 15 is 0 Å². The van der Waals surface area contributed by atoms with Gasteiger partial charge in [-0.15, -0.1) is 5.60 Å². The van der Waals surface area contributed by atoms with E-state index in [4.69, 9.17) is 24.2 Å². The van der Waals surface area contributed by atoms with Crippen molar-refractivity contribution in [2.45, 2.75) is 261 Å². The number of carbonyl (C=O) groups is 1. The average molecular weight is 1340 g/mol. The molecule has 0 amide bonds. The Morgan fingerprint density at radius 3 is 1.15 bits per heavy atom. The van der Waals surface area contributed by atoms with Crippen molar-refractivity contribution in [3.8, 4) is 0 Å². The summed E-state index contributed by atoms with van der Waals surface area (Å²) in [7, 11) is -3.37. The molecular formula is C81H112N3NaO10S. The quantitative estimate of drug-likeness (QED) is 0.0147. The molecule has 96 heavy (non-hydrogen) atoms. The Morgan fingerprint density at radius 2 is 0.844 bits per heavy atom. The molecular weight excluding hydrogens is 1230 g/mol. The van der Waals surface area contributed by atoms with Gasteiger partial charge in [-0.1, -0.05) is 212 Å². The fourth-order valence-corrected chi connectivity index (χ4v) is 13.1. The van der Waals surface area contributed by atoms with Crippen molar-refractivity contribution in [1.82, 2.24) is 0 Å². The van der Waals surface area contributed by atoms with Crippen molar-refractivity contribution in [3.63, 3.8) is 0 Å². The maximum atomic E-state index is 11.1. The van der Waals surface area contributed by atoms with Gasteiger partial charge in [0.05, 0.1) is 43.2 Å². The maximum Gasteiger partial charge on any atom is 1.00 e. The van der Waals surface area contributed by atoms with E-state index in [0.29, 0.717) is 31.3 Å². The summed E-state index contributed by atoms with van der Waals surface area (Å²) in [5.41, 5.74) is 22.1. The standard InChI is InChI=1S/C25H33NO2.C25H31NO2.C15H22O3S.C11H15NO2.C5H11O.Na/c2*1-4-21-15-23(11-12-24(21)16-27)19(3)26-28-17-20-10-13-25(18(2)14-20)22-8-6-5-7-9-22;1-12-10-13(11-18-19(2,16)17)8-9-15(12)14-6-4-3-5-7-14;1-3-9-6-10(8(2)12-14)4-5-11(9)7-13;1-4-5(2,3)6;/h10-15,22,27H,4-9,16-17H2,1-3H3;10-16,22H,4-9,17H2,1-3H3;8-10,14H,3-7,11H2,1-2H3;4-6,13-14H,3,7H2,1-2H3;4H2,1-3H3;/q;;;;-1;+1/b2*26-19+;;12-8+;;. The summed E-state index contributed by atoms with van der Waals surface area (Å²) < 4.78 is 26.8. The Bertz CT molecular complexity index is 3560. The molecule has 3 aliphatic carbocycles. The molecule has 15 heteroatoms. The number of hydrogen-bond donors (Lipinski definition) is 3. The smallest absolute Gasteiger partial charge is 0.850 e. The van der Waals surface area contributed by atoms with E-state index in [1.54, 1.807) is 20.8 Å². The van der Waals surface area contributed by atoms with Crippen molar-refractivity contribution in [1.29, 1.82) is 0 Å². The number of carbonyl (C=O) groups excluding carboxylic acids is 1. The summed E-state index contributed by atoms with van der Waals surface area (Å²) in [4.78, 5) is 22.4. The summed E-state index contributed by atoms with van der Waals surface area (Å²) >= 11 is 0. The Kier molecular flexibility index (Phi) is 36.9. The van der Waals surface area contributed by atoms with Gasteiger partial charge in [0, 0.05) is 5.56 Å². The van der Waals surface area contributed by atoms with Crippen LogP contribution < -0.4 is 34.7 Å². The van der Waals surface area contributed by atoms with Gasteiger partial charge in [0.2, 0.25) is 0 Å². The molecule has 0 radical (unpaired) electrons. The Balaban J connectivity index is 0.000000271. The number of nitrogens with zero attached hydrogens (tertiary/aromatic N) is 3. The van der Waals surface area contributed by atoms with Gasteiger partial charge in [-0.25, -0.2) is 0 Å². The number of aliphatic hydroxyl groups excluding tert-OH is 2. The zero-order valence-electron chi connectivity index (χ0n) is 60.6. The fraction of sp³-hybridized carbons (Fsp3) is 0.506. The van der Waals surface area contributed by atoms with Gasteiger partial charge < -0.3 is 30.2 Å². The minimum Gasteiger partial charge on any atom is -0.850 e. The first kappa shape index (κ1) is 82.6. The molecule has 6 aromatic carbocycles. The van der Waals surface area contributed by atoms with Crippen LogP contribution in [0.3, 0.4) is 0 Å². The minimum absolute atomic E-state index is 0. The Morgan fingerprint density at radius 1 is 0.510 bits per heavy atom. The number of hydrogen-bond acceptors (Lipinski definition) is 13. The molecule has 3 fully saturated rings. The maximum absolute atomic E-state index is 11.1. The van der Waals surface area contributed by atoms with Crippen molar-refractivity contribution >= 4 is 33.5 Å². The third kappa shape index (κ3) is 27.8. The van der Waals surface area contributed by atoms with E-state index < -0.39 is 15.7 Å². The molecule has 6 aromatic rings. The first-order chi connectivity index (χ1) is 45.5. The molecule has 0 heterocycles. The molecule has 0 aliphatic heterocycles. The van der Waals surface area contributed by atoms with Crippen LogP contribution >= 0.6 is 0 Å². The second kappa shape index (κ2) is 42.9. The number of oxime groups is 3. The van der Waals surface area contributed by atoms with Crippen LogP contribution in [0, 0.1) is 20.8 Å². The molecule has 3 saturated carbocycles. The normalized spacial score (nSPS) is 15.0. The zero-order valence-corrected chi connectivity index (χ0v) is 63.4. The summed E-state index contributed by atoms with van der Waals surface area (Å²) in [6.07, 6.45) is 25.4. The van der Waals surface area contributed by atoms with Crippen molar-refractivity contribution < 1.29 is 77.2 Å². The van der Waals surface area contributed by atoms with Crippen LogP contribution in [0.5, 0.6) is 0 Å². The van der Waals surface area contributed by atoms with Gasteiger partial charge in [-0.2, -0.15) is 8.42 Å². The van der Waals surface area contributed by atoms with E-state index in [0.717, 1.165) is 116 Å². The molecule has 3 aliphatic rings. The van der Waals surface area contributed by atoms with E-state index in [2.05, 4.69) is 105 Å². The largest absolute Gasteiger partial charge is 1.00 e. The van der Waals surface area contributed by atoms with E-state index in [9.17, 15) is 23.4 Å². The first-order valence-electron chi connectivity index (χ1n) is 34.9. The van der Waals surface area contributed by atoms with Gasteiger partial charge in [0.15, 0.2) is 0 Å². The van der Waals surface area contributed by atoms with Gasteiger partial charge in [0.25, 0.3) is 10.1 Å². The molecule has 0 atom stereocenters. The number of aryl methyl sites for hydroxylation is 6. The van der Waals surface area contributed by atoms with E-state index in [-0.39, 0.29) is 49.4 Å². The topological polar surface area (TPSA) is 200 Å². The van der Waals surface area contributed by atoms with Crippen molar-refractivity contribution in [2.24, 2.45) is 15.5 Å². The number of aldehydes is 1. The van der Waals surface area contributed by atoms with Gasteiger partial charge in [-0.3, -0.25) is 8.98 Å². The first-order valence-corrected chi connectivity index (χ1v) is 36.7. The molecule has 0 aromatic heterocycles. The second-order valence-corrected chi connectivity index (χ2v) is 28.3. The summed E-state index contributed by atoms with van der Waals surface area (Å²) in [6, 6.07) is 37.1. The van der Waals surface area contributed by atoms with E-state index in [1.807, 2.05) is 82.3 Å². The Hall–Kier alpha value is -5.81. The third-order valence-electron chi connectivity index (χ3n) is 18.9. The molecule has 13 nitrogen and oxygen atoms in total. The summed E-state index contributed by atoms with van der Waals surface area (Å²) in [5.74, 6) is 2.14. The number of rotatable bonds is 22. The van der Waals surface area contributed by atoms with Crippen molar-refractivity contribution in [3.05, 3.63) is 209 Å². The summed E-state index contributed by atoms with van der Waals surface area (Å²) in [6.45, 7) is 24.8. The van der Waals surface area contributed by atoms with Gasteiger partial charge >= 0.3 is 29.6 Å². The molecule has 3 N–H and O–H groups in total. The van der Waals surface area contributed by atoms with Crippen LogP contribution in [0.15, 0.2) is 125 Å². The van der Waals surface area contributed by atoms with Crippen LogP contribution in [0.2, 0.25) is 0 Å². The second-order valence-electron chi connectivity index (χ2n) is 26.6. The van der Waals surface area contributed by atoms with Crippen molar-refractivity contribution in [2.75, 3.05) is 6.26 Å². The van der Waals surface area contributed by atoms with Crippen LogP contribution in [-0.2, 0) is 76.3 Å². The van der Waals surface area contributed by atoms with Crippen LogP contribution in [-0.4, -0.2) is 59.1 Å². The third-order valence-corrected chi connectivity index (χ3v) is 19.4. The number of benzene rings is 6. The molecule has 0 saturated heterocycles. The molecule has 518 valence electrons. The van der Waals surface area contributed by atoms with Gasteiger partial charge in [-0.05, 0) is 230 Å².